The van der Waals surface area contributed by atoms with Crippen molar-refractivity contribution in [1.29, 1.82) is 0 Å². The first-order valence-electron chi connectivity index (χ1n) is 8.79. The number of fused-ring (bicyclic) bond motifs is 1. The Morgan fingerprint density at radius 2 is 2.00 bits per heavy atom. The van der Waals surface area contributed by atoms with E-state index in [-0.39, 0.29) is 29.5 Å². The number of carbonyl (C=O) groups excluding carboxylic acids is 1. The lowest BCUT2D eigenvalue weighted by molar-refractivity contribution is 0.0318. The van der Waals surface area contributed by atoms with Gasteiger partial charge in [0.25, 0.3) is 5.91 Å². The normalized spacial score (nSPS) is 29.6. The Morgan fingerprint density at radius 1 is 1.25 bits per heavy atom. The van der Waals surface area contributed by atoms with E-state index in [4.69, 9.17) is 0 Å². The van der Waals surface area contributed by atoms with E-state index in [2.05, 4.69) is 11.8 Å². The average Bonchev–Trinajstić information content (AvgIpc) is 3.10. The maximum Gasteiger partial charge on any atom is 0.255 e. The van der Waals surface area contributed by atoms with Crippen LogP contribution in [0.3, 0.4) is 0 Å². The highest BCUT2D eigenvalue weighted by Gasteiger charge is 2.48. The van der Waals surface area contributed by atoms with Crippen LogP contribution in [0.5, 0.6) is 0 Å². The molecule has 3 aliphatic rings. The smallest absolute Gasteiger partial charge is 0.255 e. The molecule has 1 aliphatic carbocycles. The number of sulfone groups is 1. The average molecular weight is 369 g/mol. The molecule has 2 atom stereocenters. The van der Waals surface area contributed by atoms with Gasteiger partial charge < -0.3 is 4.90 Å². The third-order valence-corrected chi connectivity index (χ3v) is 8.27. The summed E-state index contributed by atoms with van der Waals surface area (Å²) < 4.78 is 24.5. The summed E-state index contributed by atoms with van der Waals surface area (Å²) in [5.41, 5.74) is 0.718. The molecule has 1 aromatic rings. The highest BCUT2D eigenvalue weighted by Crippen LogP contribution is 2.34. The summed E-state index contributed by atoms with van der Waals surface area (Å²) in [7, 11) is -3.06. The molecule has 5 nitrogen and oxygen atoms in total. The molecule has 0 bridgehead atoms. The molecule has 1 amide bonds. The number of thiophene rings is 1. The summed E-state index contributed by atoms with van der Waals surface area (Å²) in [5.74, 6) is 1.07. The molecule has 24 heavy (non-hydrogen) atoms. The van der Waals surface area contributed by atoms with Crippen LogP contribution in [0.25, 0.3) is 0 Å². The number of nitrogens with zero attached hydrogens (tertiary/aromatic N) is 2. The van der Waals surface area contributed by atoms with Gasteiger partial charge in [-0.1, -0.05) is 6.92 Å². The molecule has 2 aliphatic heterocycles. The lowest BCUT2D eigenvalue weighted by atomic mass is 10.0. The Kier molecular flexibility index (Phi) is 4.21. The Morgan fingerprint density at radius 3 is 2.67 bits per heavy atom. The van der Waals surface area contributed by atoms with Crippen molar-refractivity contribution in [2.45, 2.75) is 38.3 Å². The van der Waals surface area contributed by atoms with Gasteiger partial charge in [-0.25, -0.2) is 8.42 Å². The van der Waals surface area contributed by atoms with E-state index in [0.29, 0.717) is 6.54 Å². The van der Waals surface area contributed by atoms with Crippen LogP contribution >= 0.6 is 11.3 Å². The largest absolute Gasteiger partial charge is 0.332 e. The zero-order chi connectivity index (χ0) is 16.9. The number of aryl methyl sites for hydroxylation is 1. The van der Waals surface area contributed by atoms with Gasteiger partial charge in [0, 0.05) is 35.9 Å². The van der Waals surface area contributed by atoms with Crippen molar-refractivity contribution >= 4 is 27.1 Å². The van der Waals surface area contributed by atoms with Gasteiger partial charge in [0.05, 0.1) is 23.1 Å². The van der Waals surface area contributed by atoms with Crippen molar-refractivity contribution in [3.05, 3.63) is 21.9 Å². The van der Waals surface area contributed by atoms with Gasteiger partial charge in [0.15, 0.2) is 9.84 Å². The second-order valence-electron chi connectivity index (χ2n) is 7.30. The van der Waals surface area contributed by atoms with Crippen LogP contribution in [0.4, 0.5) is 0 Å². The first-order chi connectivity index (χ1) is 11.5. The van der Waals surface area contributed by atoms with Gasteiger partial charge in [-0.3, -0.25) is 9.69 Å². The minimum absolute atomic E-state index is 0.00382. The number of piperazine rings is 1. The quantitative estimate of drug-likeness (QED) is 0.811. The van der Waals surface area contributed by atoms with Crippen LogP contribution in [-0.4, -0.2) is 67.3 Å². The summed E-state index contributed by atoms with van der Waals surface area (Å²) in [4.78, 5) is 18.3. The molecular weight excluding hydrogens is 344 g/mol. The van der Waals surface area contributed by atoms with Crippen LogP contribution in [-0.2, 0) is 16.3 Å². The highest BCUT2D eigenvalue weighted by molar-refractivity contribution is 7.91. The van der Waals surface area contributed by atoms with Crippen molar-refractivity contribution in [3.8, 4) is 0 Å². The number of hydrogen-bond acceptors (Lipinski definition) is 5. The SMILES string of the molecule is CCc1cc(C(=O)N2CCN(CC3CC3)[C@@H]3CS(=O)(=O)C[C@@H]32)cs1. The number of hydrogen-bond donors (Lipinski definition) is 0. The number of rotatable bonds is 4. The molecule has 1 aromatic heterocycles. The molecule has 1 saturated carbocycles. The summed E-state index contributed by atoms with van der Waals surface area (Å²) in [5, 5.41) is 1.91. The number of amides is 1. The topological polar surface area (TPSA) is 57.7 Å². The fraction of sp³-hybridized carbons (Fsp3) is 0.706. The Hall–Kier alpha value is -0.920. The van der Waals surface area contributed by atoms with Crippen LogP contribution in [0.15, 0.2) is 11.4 Å². The molecule has 0 spiro atoms. The van der Waals surface area contributed by atoms with Crippen molar-refractivity contribution in [2.24, 2.45) is 5.92 Å². The lowest BCUT2D eigenvalue weighted by Crippen LogP contribution is -2.60. The molecule has 2 saturated heterocycles. The Labute approximate surface area is 147 Å². The third-order valence-electron chi connectivity index (χ3n) is 5.49. The monoisotopic (exact) mass is 368 g/mol. The second-order valence-corrected chi connectivity index (χ2v) is 10.5. The first-order valence-corrected chi connectivity index (χ1v) is 11.5. The van der Waals surface area contributed by atoms with Crippen molar-refractivity contribution < 1.29 is 13.2 Å². The van der Waals surface area contributed by atoms with Crippen LogP contribution in [0.1, 0.15) is 35.0 Å². The molecule has 0 radical (unpaired) electrons. The fourth-order valence-electron chi connectivity index (χ4n) is 3.98. The van der Waals surface area contributed by atoms with E-state index in [0.717, 1.165) is 31.0 Å². The Balaban J connectivity index is 1.56. The van der Waals surface area contributed by atoms with Crippen molar-refractivity contribution in [3.63, 3.8) is 0 Å². The minimum atomic E-state index is -3.06. The molecule has 0 unspecified atom stereocenters. The van der Waals surface area contributed by atoms with Gasteiger partial charge in [0.2, 0.25) is 0 Å². The van der Waals surface area contributed by atoms with Gasteiger partial charge in [-0.2, -0.15) is 0 Å². The highest BCUT2D eigenvalue weighted by atomic mass is 32.2. The van der Waals surface area contributed by atoms with Gasteiger partial charge in [-0.15, -0.1) is 11.3 Å². The number of carbonyl (C=O) groups is 1. The summed E-state index contributed by atoms with van der Waals surface area (Å²) in [6, 6.07) is 1.76. The van der Waals surface area contributed by atoms with Gasteiger partial charge in [0.1, 0.15) is 0 Å². The minimum Gasteiger partial charge on any atom is -0.332 e. The van der Waals surface area contributed by atoms with Crippen molar-refractivity contribution in [1.82, 2.24) is 9.80 Å². The maximum absolute atomic E-state index is 12.9. The molecule has 0 aromatic carbocycles. The van der Waals surface area contributed by atoms with E-state index in [1.807, 2.05) is 16.3 Å². The molecule has 3 heterocycles. The lowest BCUT2D eigenvalue weighted by Gasteiger charge is -2.44. The summed E-state index contributed by atoms with van der Waals surface area (Å²) in [6.45, 7) is 4.51. The summed E-state index contributed by atoms with van der Waals surface area (Å²) in [6.07, 6.45) is 3.45. The van der Waals surface area contributed by atoms with Gasteiger partial charge in [-0.05, 0) is 31.2 Å². The van der Waals surface area contributed by atoms with Crippen molar-refractivity contribution in [2.75, 3.05) is 31.1 Å². The summed E-state index contributed by atoms with van der Waals surface area (Å²) >= 11 is 1.61. The van der Waals surface area contributed by atoms with Crippen LogP contribution in [0.2, 0.25) is 0 Å². The standard InChI is InChI=1S/C17H24N2O3S2/c1-2-14-7-13(9-23-14)17(20)19-6-5-18(8-12-3-4-12)15-10-24(21,22)11-16(15)19/h7,9,12,15-16H,2-6,8,10-11H2,1H3/t15-,16+/m1/s1. The van der Waals surface area contributed by atoms with Crippen LogP contribution < -0.4 is 0 Å². The molecule has 4 rings (SSSR count). The van der Waals surface area contributed by atoms with E-state index >= 15 is 0 Å². The molecule has 3 fully saturated rings. The van der Waals surface area contributed by atoms with E-state index in [9.17, 15) is 13.2 Å². The maximum atomic E-state index is 12.9. The zero-order valence-electron chi connectivity index (χ0n) is 14.0. The molecular formula is C17H24N2O3S2. The zero-order valence-corrected chi connectivity index (χ0v) is 15.6. The van der Waals surface area contributed by atoms with E-state index in [1.165, 1.54) is 17.7 Å². The Bertz CT molecular complexity index is 739. The predicted molar refractivity (Wildman–Crippen MR) is 95.3 cm³/mol. The molecule has 132 valence electrons. The predicted octanol–water partition coefficient (Wildman–Crippen LogP) is 1.64. The van der Waals surface area contributed by atoms with Crippen LogP contribution in [0, 0.1) is 5.92 Å². The van der Waals surface area contributed by atoms with E-state index < -0.39 is 9.84 Å². The molecule has 7 heteroatoms. The van der Waals surface area contributed by atoms with E-state index in [1.54, 1.807) is 11.3 Å². The fourth-order valence-corrected chi connectivity index (χ4v) is 6.80. The first kappa shape index (κ1) is 16.5. The third kappa shape index (κ3) is 3.13. The molecule has 0 N–H and O–H groups in total. The second kappa shape index (κ2) is 6.11. The van der Waals surface area contributed by atoms with Gasteiger partial charge >= 0.3 is 0 Å².